The number of aromatic nitrogens is 1. The van der Waals surface area contributed by atoms with Gasteiger partial charge in [-0.1, -0.05) is 17.3 Å². The molecule has 1 aromatic carbocycles. The predicted octanol–water partition coefficient (Wildman–Crippen LogP) is 1.67. The first-order valence-electron chi connectivity index (χ1n) is 6.74. The number of carbonyl (C=O) groups excluding carboxylic acids is 1. The maximum absolute atomic E-state index is 12.0. The molecule has 0 saturated heterocycles. The van der Waals surface area contributed by atoms with Gasteiger partial charge in [0.15, 0.2) is 5.13 Å². The summed E-state index contributed by atoms with van der Waals surface area (Å²) in [5.74, 6) is -1.70. The van der Waals surface area contributed by atoms with Gasteiger partial charge in [0.1, 0.15) is 12.8 Å². The van der Waals surface area contributed by atoms with Crippen LogP contribution in [-0.2, 0) is 20.8 Å². The lowest BCUT2D eigenvalue weighted by molar-refractivity contribution is -0.384. The van der Waals surface area contributed by atoms with Crippen LogP contribution in [0, 0.1) is 10.1 Å². The van der Waals surface area contributed by atoms with E-state index in [-0.39, 0.29) is 28.6 Å². The first-order chi connectivity index (χ1) is 11.9. The molecule has 2 aromatic rings. The number of hydrogen-bond acceptors (Lipinski definition) is 8. The van der Waals surface area contributed by atoms with Crippen molar-refractivity contribution in [3.05, 3.63) is 51.0 Å². The van der Waals surface area contributed by atoms with Crippen molar-refractivity contribution in [1.82, 2.24) is 4.98 Å². The summed E-state index contributed by atoms with van der Waals surface area (Å²) in [6.07, 6.45) is -0.00907. The average Bonchev–Trinajstić information content (AvgIpc) is 3.00. The number of anilines is 1. The molecular formula is C14H12N4O6S. The quantitative estimate of drug-likeness (QED) is 0.432. The maximum atomic E-state index is 12.0. The number of carboxylic acid groups (broad SMARTS) is 1. The number of hydrogen-bond donors (Lipinski definition) is 2. The van der Waals surface area contributed by atoms with Gasteiger partial charge in [-0.15, -0.1) is 11.3 Å². The molecule has 25 heavy (non-hydrogen) atoms. The summed E-state index contributed by atoms with van der Waals surface area (Å²) < 4.78 is 0. The number of benzene rings is 1. The zero-order valence-corrected chi connectivity index (χ0v) is 13.6. The number of rotatable bonds is 7. The van der Waals surface area contributed by atoms with Crippen molar-refractivity contribution in [2.75, 3.05) is 12.4 Å². The minimum atomic E-state index is -1.31. The Morgan fingerprint density at radius 2 is 2.08 bits per heavy atom. The molecule has 0 aliphatic heterocycles. The van der Waals surface area contributed by atoms with E-state index in [0.717, 1.165) is 11.3 Å². The van der Waals surface area contributed by atoms with Crippen LogP contribution in [0.15, 0.2) is 34.8 Å². The number of carbonyl (C=O) groups is 2. The molecule has 1 heterocycles. The maximum Gasteiger partial charge on any atom is 0.360 e. The van der Waals surface area contributed by atoms with E-state index >= 15 is 0 Å². The Morgan fingerprint density at radius 3 is 2.64 bits per heavy atom. The molecular weight excluding hydrogens is 352 g/mol. The lowest BCUT2D eigenvalue weighted by Gasteiger charge is -2.02. The van der Waals surface area contributed by atoms with Crippen molar-refractivity contribution in [2.24, 2.45) is 5.16 Å². The monoisotopic (exact) mass is 364 g/mol. The van der Waals surface area contributed by atoms with Crippen molar-refractivity contribution in [3.63, 3.8) is 0 Å². The Hall–Kier alpha value is -3.34. The number of thiazole rings is 1. The molecule has 11 heteroatoms. The van der Waals surface area contributed by atoms with Crippen LogP contribution in [0.2, 0.25) is 0 Å². The highest BCUT2D eigenvalue weighted by Crippen LogP contribution is 2.17. The number of oxime groups is 1. The summed E-state index contributed by atoms with van der Waals surface area (Å²) >= 11 is 1.03. The number of nitrogens with one attached hydrogen (secondary N) is 1. The summed E-state index contributed by atoms with van der Waals surface area (Å²) in [6.45, 7) is 0. The number of amides is 1. The fourth-order valence-electron chi connectivity index (χ4n) is 1.81. The minimum Gasteiger partial charge on any atom is -0.476 e. The second kappa shape index (κ2) is 7.97. The standard InChI is InChI=1S/C14H12N4O6S/c1-24-17-12(13(20)21)10-7-25-14(15-10)16-11(19)6-8-2-4-9(5-3-8)18(22)23/h2-5,7H,6H2,1H3,(H,20,21)(H,15,16,19)/b17-12-. The summed E-state index contributed by atoms with van der Waals surface area (Å²) in [6, 6.07) is 5.59. The van der Waals surface area contributed by atoms with Crippen LogP contribution >= 0.6 is 11.3 Å². The van der Waals surface area contributed by atoms with E-state index in [9.17, 15) is 19.7 Å². The molecule has 0 unspecified atom stereocenters. The topological polar surface area (TPSA) is 144 Å². The number of aliphatic carboxylic acids is 1. The Morgan fingerprint density at radius 1 is 1.40 bits per heavy atom. The first kappa shape index (κ1) is 18.0. The summed E-state index contributed by atoms with van der Waals surface area (Å²) in [4.78, 5) is 41.5. The molecule has 1 aromatic heterocycles. The molecule has 10 nitrogen and oxygen atoms in total. The third-order valence-corrected chi connectivity index (χ3v) is 3.65. The van der Waals surface area contributed by atoms with E-state index in [0.29, 0.717) is 5.56 Å². The molecule has 2 N–H and O–H groups in total. The van der Waals surface area contributed by atoms with Crippen molar-refractivity contribution in [1.29, 1.82) is 0 Å². The molecule has 0 fully saturated rings. The van der Waals surface area contributed by atoms with Crippen LogP contribution in [0.25, 0.3) is 0 Å². The van der Waals surface area contributed by atoms with Gasteiger partial charge in [-0.2, -0.15) is 0 Å². The second-order valence-electron chi connectivity index (χ2n) is 4.61. The molecule has 130 valence electrons. The molecule has 0 radical (unpaired) electrons. The van der Waals surface area contributed by atoms with Crippen molar-refractivity contribution >= 4 is 39.7 Å². The van der Waals surface area contributed by atoms with Crippen LogP contribution < -0.4 is 5.32 Å². The van der Waals surface area contributed by atoms with E-state index in [1.165, 1.54) is 36.8 Å². The number of nitro benzene ring substituents is 1. The minimum absolute atomic E-state index is 0.00907. The third-order valence-electron chi connectivity index (χ3n) is 2.89. The molecule has 0 aliphatic rings. The molecule has 0 atom stereocenters. The van der Waals surface area contributed by atoms with Crippen LogP contribution in [0.3, 0.4) is 0 Å². The van der Waals surface area contributed by atoms with E-state index in [4.69, 9.17) is 5.11 Å². The average molecular weight is 364 g/mol. The van der Waals surface area contributed by atoms with Crippen molar-refractivity contribution in [3.8, 4) is 0 Å². The molecule has 2 rings (SSSR count). The fraction of sp³-hybridized carbons (Fsp3) is 0.143. The molecule has 1 amide bonds. The normalized spacial score (nSPS) is 11.0. The zero-order chi connectivity index (χ0) is 18.4. The molecule has 0 saturated carbocycles. The Bertz CT molecular complexity index is 830. The van der Waals surface area contributed by atoms with Gasteiger partial charge >= 0.3 is 5.97 Å². The fourth-order valence-corrected chi connectivity index (χ4v) is 2.52. The van der Waals surface area contributed by atoms with E-state index in [1.807, 2.05) is 0 Å². The SMILES string of the molecule is CO/N=C(\C(=O)O)c1csc(NC(=O)Cc2ccc([N+](=O)[O-])cc2)n1. The van der Waals surface area contributed by atoms with Gasteiger partial charge < -0.3 is 15.3 Å². The summed E-state index contributed by atoms with van der Waals surface area (Å²) in [5.41, 5.74) is 0.207. The van der Waals surface area contributed by atoms with Gasteiger partial charge in [0.2, 0.25) is 11.6 Å². The number of nitrogens with zero attached hydrogens (tertiary/aromatic N) is 3. The van der Waals surface area contributed by atoms with Gasteiger partial charge in [-0.3, -0.25) is 14.9 Å². The Kier molecular flexibility index (Phi) is 5.74. The predicted molar refractivity (Wildman–Crippen MR) is 88.7 cm³/mol. The Balaban J connectivity index is 2.02. The smallest absolute Gasteiger partial charge is 0.360 e. The van der Waals surface area contributed by atoms with Crippen molar-refractivity contribution < 1.29 is 24.5 Å². The number of non-ortho nitro benzene ring substituents is 1. The van der Waals surface area contributed by atoms with Crippen LogP contribution in [0.1, 0.15) is 11.3 Å². The van der Waals surface area contributed by atoms with Crippen molar-refractivity contribution in [2.45, 2.75) is 6.42 Å². The van der Waals surface area contributed by atoms with Crippen LogP contribution in [0.5, 0.6) is 0 Å². The third kappa shape index (κ3) is 4.81. The van der Waals surface area contributed by atoms with E-state index in [2.05, 4.69) is 20.3 Å². The number of carboxylic acids is 1. The highest BCUT2D eigenvalue weighted by Gasteiger charge is 2.18. The molecule has 0 spiro atoms. The lowest BCUT2D eigenvalue weighted by Crippen LogP contribution is -2.17. The van der Waals surface area contributed by atoms with Gasteiger partial charge in [0.05, 0.1) is 11.3 Å². The molecule has 0 bridgehead atoms. The number of nitro groups is 1. The Labute approximate surface area is 144 Å². The second-order valence-corrected chi connectivity index (χ2v) is 5.47. The van der Waals surface area contributed by atoms with Crippen LogP contribution in [-0.4, -0.2) is 39.7 Å². The molecule has 0 aliphatic carbocycles. The van der Waals surface area contributed by atoms with E-state index < -0.39 is 16.8 Å². The van der Waals surface area contributed by atoms with Gasteiger partial charge in [-0.05, 0) is 5.56 Å². The first-order valence-corrected chi connectivity index (χ1v) is 7.62. The highest BCUT2D eigenvalue weighted by molar-refractivity contribution is 7.14. The summed E-state index contributed by atoms with van der Waals surface area (Å²) in [7, 11) is 1.21. The van der Waals surface area contributed by atoms with E-state index in [1.54, 1.807) is 0 Å². The zero-order valence-electron chi connectivity index (χ0n) is 12.8. The van der Waals surface area contributed by atoms with Gasteiger partial charge in [0.25, 0.3) is 5.69 Å². The van der Waals surface area contributed by atoms with Gasteiger partial charge in [0, 0.05) is 17.5 Å². The van der Waals surface area contributed by atoms with Crippen LogP contribution in [0.4, 0.5) is 10.8 Å². The largest absolute Gasteiger partial charge is 0.476 e. The summed E-state index contributed by atoms with van der Waals surface area (Å²) in [5, 5.41) is 27.1. The highest BCUT2D eigenvalue weighted by atomic mass is 32.1. The van der Waals surface area contributed by atoms with Gasteiger partial charge in [-0.25, -0.2) is 9.78 Å². The lowest BCUT2D eigenvalue weighted by atomic mass is 10.1.